The monoisotopic (exact) mass is 437 g/mol. The number of hydrogen-bond acceptors (Lipinski definition) is 1. The lowest BCUT2D eigenvalue weighted by molar-refractivity contribution is 0.0945. The molecule has 1 unspecified atom stereocenters. The Morgan fingerprint density at radius 2 is 2.16 bits per heavy atom. The maximum absolute atomic E-state index is 12.2. The summed E-state index contributed by atoms with van der Waals surface area (Å²) in [6.45, 7) is 5.16. The van der Waals surface area contributed by atoms with Crippen molar-refractivity contribution in [1.82, 2.24) is 5.32 Å². The van der Waals surface area contributed by atoms with Gasteiger partial charge in [-0.3, -0.25) is 4.79 Å². The van der Waals surface area contributed by atoms with E-state index in [0.717, 1.165) is 26.6 Å². The highest BCUT2D eigenvalue weighted by molar-refractivity contribution is 14.1. The Hall–Kier alpha value is -0.100. The molecule has 19 heavy (non-hydrogen) atoms. The number of unbranched alkanes of at least 4 members (excludes halogenated alkanes) is 1. The third kappa shape index (κ3) is 5.81. The van der Waals surface area contributed by atoms with E-state index in [4.69, 9.17) is 0 Å². The number of carbonyl (C=O) groups excluding carboxylic acids is 1. The predicted octanol–water partition coefficient (Wildman–Crippen LogP) is 5.00. The number of benzene rings is 1. The number of amides is 1. The molecule has 1 amide bonds. The van der Waals surface area contributed by atoms with Gasteiger partial charge in [0.05, 0.1) is 5.56 Å². The maximum atomic E-state index is 12.2. The molecule has 2 nitrogen and oxygen atoms in total. The first kappa shape index (κ1) is 17.0. The number of nitrogens with one attached hydrogen (secondary N) is 1. The summed E-state index contributed by atoms with van der Waals surface area (Å²) in [5.41, 5.74) is 0.720. The highest BCUT2D eigenvalue weighted by atomic mass is 127. The molecule has 4 heteroatoms. The van der Waals surface area contributed by atoms with Crippen molar-refractivity contribution in [2.75, 3.05) is 6.54 Å². The smallest absolute Gasteiger partial charge is 0.252 e. The minimum Gasteiger partial charge on any atom is -0.352 e. The lowest BCUT2D eigenvalue weighted by Gasteiger charge is -2.15. The average Bonchev–Trinajstić information content (AvgIpc) is 2.41. The Morgan fingerprint density at radius 3 is 2.79 bits per heavy atom. The molecule has 0 heterocycles. The van der Waals surface area contributed by atoms with E-state index in [9.17, 15) is 4.79 Å². The first-order valence-electron chi connectivity index (χ1n) is 6.81. The normalized spacial score (nSPS) is 12.2. The number of halogens is 2. The van der Waals surface area contributed by atoms with Crippen LogP contribution in [0, 0.1) is 9.49 Å². The molecule has 1 rings (SSSR count). The Bertz CT molecular complexity index is 423. The van der Waals surface area contributed by atoms with Crippen molar-refractivity contribution in [2.45, 2.75) is 39.5 Å². The summed E-state index contributed by atoms with van der Waals surface area (Å²) >= 11 is 5.66. The third-order valence-corrected chi connectivity index (χ3v) is 4.63. The minimum atomic E-state index is 0.0142. The number of carbonyl (C=O) groups is 1. The molecule has 1 N–H and O–H groups in total. The van der Waals surface area contributed by atoms with Crippen molar-refractivity contribution in [2.24, 2.45) is 5.92 Å². The van der Waals surface area contributed by atoms with Crippen LogP contribution >= 0.6 is 38.5 Å². The molecule has 0 aliphatic rings. The van der Waals surface area contributed by atoms with E-state index >= 15 is 0 Å². The predicted molar refractivity (Wildman–Crippen MR) is 92.5 cm³/mol. The van der Waals surface area contributed by atoms with Crippen molar-refractivity contribution in [3.05, 3.63) is 31.8 Å². The number of rotatable bonds is 7. The zero-order valence-electron chi connectivity index (χ0n) is 11.5. The van der Waals surface area contributed by atoms with Crippen LogP contribution in [0.4, 0.5) is 0 Å². The van der Waals surface area contributed by atoms with E-state index in [1.165, 1.54) is 19.3 Å². The van der Waals surface area contributed by atoms with Crippen molar-refractivity contribution in [1.29, 1.82) is 0 Å². The summed E-state index contributed by atoms with van der Waals surface area (Å²) in [6, 6.07) is 5.82. The fraction of sp³-hybridized carbons (Fsp3) is 0.533. The Kier molecular flexibility index (Phi) is 7.99. The van der Waals surface area contributed by atoms with Gasteiger partial charge in [0.15, 0.2) is 0 Å². The van der Waals surface area contributed by atoms with Gasteiger partial charge >= 0.3 is 0 Å². The van der Waals surface area contributed by atoms with Gasteiger partial charge in [-0.25, -0.2) is 0 Å². The summed E-state index contributed by atoms with van der Waals surface area (Å²) in [5, 5.41) is 3.05. The first-order valence-corrected chi connectivity index (χ1v) is 8.68. The van der Waals surface area contributed by atoms with Crippen LogP contribution < -0.4 is 5.32 Å². The second-order valence-electron chi connectivity index (χ2n) is 4.75. The van der Waals surface area contributed by atoms with Crippen LogP contribution in [0.1, 0.15) is 49.9 Å². The summed E-state index contributed by atoms with van der Waals surface area (Å²) in [7, 11) is 0. The van der Waals surface area contributed by atoms with Crippen molar-refractivity contribution in [3.63, 3.8) is 0 Å². The molecule has 0 bridgehead atoms. The van der Waals surface area contributed by atoms with E-state index < -0.39 is 0 Å². The molecule has 106 valence electrons. The van der Waals surface area contributed by atoms with Crippen LogP contribution in [0.15, 0.2) is 22.7 Å². The molecule has 0 aliphatic carbocycles. The van der Waals surface area contributed by atoms with Crippen LogP contribution in [0.2, 0.25) is 0 Å². The summed E-state index contributed by atoms with van der Waals surface area (Å²) < 4.78 is 1.93. The fourth-order valence-electron chi connectivity index (χ4n) is 1.95. The summed E-state index contributed by atoms with van der Waals surface area (Å²) in [5.74, 6) is 0.603. The molecule has 0 spiro atoms. The van der Waals surface area contributed by atoms with Crippen LogP contribution in [-0.2, 0) is 0 Å². The minimum absolute atomic E-state index is 0.0142. The molecule has 1 atom stereocenters. The van der Waals surface area contributed by atoms with Crippen LogP contribution in [0.25, 0.3) is 0 Å². The molecule has 1 aromatic rings. The topological polar surface area (TPSA) is 29.1 Å². The van der Waals surface area contributed by atoms with Crippen LogP contribution in [-0.4, -0.2) is 12.5 Å². The van der Waals surface area contributed by atoms with Gasteiger partial charge in [0, 0.05) is 14.6 Å². The van der Waals surface area contributed by atoms with Crippen LogP contribution in [0.3, 0.4) is 0 Å². The van der Waals surface area contributed by atoms with E-state index in [0.29, 0.717) is 5.92 Å². The molecule has 0 saturated heterocycles. The van der Waals surface area contributed by atoms with Gasteiger partial charge in [0.2, 0.25) is 0 Å². The van der Waals surface area contributed by atoms with Gasteiger partial charge in [-0.05, 0) is 69.1 Å². The van der Waals surface area contributed by atoms with Gasteiger partial charge in [0.1, 0.15) is 0 Å². The molecule has 0 radical (unpaired) electrons. The fourth-order valence-corrected chi connectivity index (χ4v) is 2.86. The van der Waals surface area contributed by atoms with Gasteiger partial charge in [-0.15, -0.1) is 0 Å². The van der Waals surface area contributed by atoms with E-state index in [1.54, 1.807) is 0 Å². The molecule has 0 aliphatic heterocycles. The molecular formula is C15H21BrINO. The maximum Gasteiger partial charge on any atom is 0.252 e. The third-order valence-electron chi connectivity index (χ3n) is 3.27. The zero-order valence-corrected chi connectivity index (χ0v) is 15.3. The molecule has 0 saturated carbocycles. The van der Waals surface area contributed by atoms with Gasteiger partial charge in [-0.2, -0.15) is 0 Å². The van der Waals surface area contributed by atoms with Crippen molar-refractivity contribution >= 4 is 44.4 Å². The molecule has 0 aromatic heterocycles. The number of hydrogen-bond donors (Lipinski definition) is 1. The highest BCUT2D eigenvalue weighted by Crippen LogP contribution is 2.19. The SMILES string of the molecule is CCCCC(CC)CNC(=O)c1cc(I)ccc1Br. The van der Waals surface area contributed by atoms with Crippen molar-refractivity contribution in [3.8, 4) is 0 Å². The van der Waals surface area contributed by atoms with E-state index in [2.05, 4.69) is 57.7 Å². The summed E-state index contributed by atoms with van der Waals surface area (Å²) in [4.78, 5) is 12.2. The Labute approximate surface area is 138 Å². The van der Waals surface area contributed by atoms with Crippen molar-refractivity contribution < 1.29 is 4.79 Å². The van der Waals surface area contributed by atoms with Gasteiger partial charge in [-0.1, -0.05) is 33.1 Å². The van der Waals surface area contributed by atoms with Gasteiger partial charge < -0.3 is 5.32 Å². The zero-order chi connectivity index (χ0) is 14.3. The Morgan fingerprint density at radius 1 is 1.42 bits per heavy atom. The first-order chi connectivity index (χ1) is 9.08. The van der Waals surface area contributed by atoms with E-state index in [1.807, 2.05) is 18.2 Å². The lowest BCUT2D eigenvalue weighted by Crippen LogP contribution is -2.29. The molecule has 0 fully saturated rings. The second kappa shape index (κ2) is 8.95. The largest absolute Gasteiger partial charge is 0.352 e. The average molecular weight is 438 g/mol. The van der Waals surface area contributed by atoms with E-state index in [-0.39, 0.29) is 5.91 Å². The molecule has 1 aromatic carbocycles. The highest BCUT2D eigenvalue weighted by Gasteiger charge is 2.12. The standard InChI is InChI=1S/C15H21BrINO/c1-3-5-6-11(4-2)10-18-15(19)13-9-12(17)7-8-14(13)16/h7-9,11H,3-6,10H2,1-2H3,(H,18,19). The quantitative estimate of drug-likeness (QED) is 0.597. The second-order valence-corrected chi connectivity index (χ2v) is 6.85. The lowest BCUT2D eigenvalue weighted by atomic mass is 9.99. The summed E-state index contributed by atoms with van der Waals surface area (Å²) in [6.07, 6.45) is 4.77. The Balaban J connectivity index is 2.56. The molecular weight excluding hydrogens is 417 g/mol. The van der Waals surface area contributed by atoms with Gasteiger partial charge in [0.25, 0.3) is 5.91 Å². The van der Waals surface area contributed by atoms with Crippen LogP contribution in [0.5, 0.6) is 0 Å².